The van der Waals surface area contributed by atoms with Crippen molar-refractivity contribution in [2.45, 2.75) is 0 Å². The molecule has 20 aromatic rings. The second-order valence-corrected chi connectivity index (χ2v) is 27.6. The molecule has 0 atom stereocenters. The van der Waals surface area contributed by atoms with Gasteiger partial charge in [0.2, 0.25) is 0 Å². The number of halogens is 5. The molecule has 0 spiro atoms. The molecule has 0 aliphatic carbocycles. The van der Waals surface area contributed by atoms with E-state index in [1.807, 2.05) is 98.0 Å². The second-order valence-electron chi connectivity index (χ2n) is 23.4. The molecule has 10 nitrogen and oxygen atoms in total. The Morgan fingerprint density at radius 1 is 0.210 bits per heavy atom. The maximum Gasteiger partial charge on any atom is 0.146 e. The third kappa shape index (κ3) is 11.9. The molecule has 15 heteroatoms. The summed E-state index contributed by atoms with van der Waals surface area (Å²) in [7, 11) is 0. The molecule has 0 radical (unpaired) electrons. The van der Waals surface area contributed by atoms with Gasteiger partial charge in [0.1, 0.15) is 10.3 Å². The zero-order valence-electron chi connectivity index (χ0n) is 53.1. The third-order valence-electron chi connectivity index (χ3n) is 17.7. The fraction of sp³-hybridized carbons (Fsp3) is 0. The number of hydrogen-bond acceptors (Lipinski definition) is 5. The molecule has 0 saturated carbocycles. The smallest absolute Gasteiger partial charge is 0.146 e. The molecule has 0 aliphatic heterocycles. The van der Waals surface area contributed by atoms with Gasteiger partial charge in [0.05, 0.1) is 61.4 Å². The van der Waals surface area contributed by atoms with Crippen LogP contribution in [0.4, 0.5) is 0 Å². The first-order valence-electron chi connectivity index (χ1n) is 32.2. The predicted molar refractivity (Wildman–Crippen MR) is 431 cm³/mol. The molecule has 0 bridgehead atoms. The SMILES string of the molecule is Brc1cccc2c1c1cnccc1n2-c1ccccc1.Brc1cccc2c1c1ncccc1n2-c1ccccc1.Brc1ccnc2c1c1ccccc1n2-c1ccccc1.Brc1cncc2c1c1ccccc1n2-c1ccccc1.Brc1nccc2c1c1ccccc1n2-c1ccccc1. The molecule has 100 heavy (non-hydrogen) atoms. The van der Waals surface area contributed by atoms with E-state index < -0.39 is 0 Å². The highest BCUT2D eigenvalue weighted by molar-refractivity contribution is 9.11. The van der Waals surface area contributed by atoms with Gasteiger partial charge in [-0.3, -0.25) is 19.5 Å². The van der Waals surface area contributed by atoms with Crippen LogP contribution in [-0.2, 0) is 0 Å². The van der Waals surface area contributed by atoms with E-state index in [-0.39, 0.29) is 0 Å². The topological polar surface area (TPSA) is 89.1 Å². The van der Waals surface area contributed by atoms with Crippen molar-refractivity contribution in [3.8, 4) is 28.4 Å². The maximum atomic E-state index is 4.59. The Morgan fingerprint density at radius 3 is 1.17 bits per heavy atom. The van der Waals surface area contributed by atoms with Crippen LogP contribution in [0.5, 0.6) is 0 Å². The molecule has 20 rings (SSSR count). The van der Waals surface area contributed by atoms with Crippen LogP contribution in [0, 0.1) is 0 Å². The van der Waals surface area contributed by atoms with Crippen LogP contribution in [0.2, 0.25) is 0 Å². The van der Waals surface area contributed by atoms with Crippen molar-refractivity contribution >= 4 is 189 Å². The lowest BCUT2D eigenvalue weighted by atomic mass is 10.2. The summed E-state index contributed by atoms with van der Waals surface area (Å²) in [6.45, 7) is 0. The zero-order chi connectivity index (χ0) is 67.6. The first-order chi connectivity index (χ1) is 49.3. The van der Waals surface area contributed by atoms with E-state index in [0.29, 0.717) is 0 Å². The summed E-state index contributed by atoms with van der Waals surface area (Å²) in [6.07, 6.45) is 13.1. The Bertz CT molecular complexity index is 5450. The highest BCUT2D eigenvalue weighted by Gasteiger charge is 2.20. The van der Waals surface area contributed by atoms with E-state index in [1.165, 1.54) is 70.9 Å². The first kappa shape index (κ1) is 64.1. The predicted octanol–water partition coefficient (Wildman–Crippen LogP) is 24.7. The van der Waals surface area contributed by atoms with Gasteiger partial charge in [-0.25, -0.2) is 9.97 Å². The molecule has 10 aromatic carbocycles. The van der Waals surface area contributed by atoms with Crippen LogP contribution in [0.1, 0.15) is 0 Å². The van der Waals surface area contributed by atoms with E-state index in [9.17, 15) is 0 Å². The van der Waals surface area contributed by atoms with Gasteiger partial charge in [0, 0.05) is 132 Å². The molecule has 0 amide bonds. The Kier molecular flexibility index (Phi) is 18.1. The maximum absolute atomic E-state index is 4.59. The van der Waals surface area contributed by atoms with Crippen molar-refractivity contribution in [1.82, 2.24) is 47.8 Å². The molecule has 0 saturated heterocycles. The fourth-order valence-electron chi connectivity index (χ4n) is 13.5. The average Bonchev–Trinajstić information content (AvgIpc) is 1.64. The van der Waals surface area contributed by atoms with Gasteiger partial charge in [-0.15, -0.1) is 0 Å². The van der Waals surface area contributed by atoms with Crippen molar-refractivity contribution < 1.29 is 0 Å². The lowest BCUT2D eigenvalue weighted by molar-refractivity contribution is 1.13. The number of rotatable bonds is 5. The minimum absolute atomic E-state index is 0.890. The van der Waals surface area contributed by atoms with E-state index in [1.54, 1.807) is 0 Å². The summed E-state index contributed by atoms with van der Waals surface area (Å²) in [5.41, 5.74) is 18.3. The summed E-state index contributed by atoms with van der Waals surface area (Å²) in [6, 6.07) is 100.0. The minimum atomic E-state index is 0.890. The summed E-state index contributed by atoms with van der Waals surface area (Å²) < 4.78 is 16.4. The third-order valence-corrected chi connectivity index (χ3v) is 20.9. The molecule has 0 N–H and O–H groups in total. The molecule has 10 aromatic heterocycles. The van der Waals surface area contributed by atoms with Crippen LogP contribution >= 0.6 is 79.6 Å². The Labute approximate surface area is 616 Å². The van der Waals surface area contributed by atoms with E-state index in [4.69, 9.17) is 0 Å². The Morgan fingerprint density at radius 2 is 0.600 bits per heavy atom. The van der Waals surface area contributed by atoms with Crippen LogP contribution in [-0.4, -0.2) is 47.8 Å². The number of hydrogen-bond donors (Lipinski definition) is 0. The molecule has 480 valence electrons. The summed E-state index contributed by atoms with van der Waals surface area (Å²) >= 11 is 18.2. The molecular weight excluding hydrogens is 1560 g/mol. The van der Waals surface area contributed by atoms with Gasteiger partial charge in [-0.1, -0.05) is 190 Å². The quantitative estimate of drug-likeness (QED) is 0.160. The van der Waals surface area contributed by atoms with Crippen molar-refractivity contribution in [2.75, 3.05) is 0 Å². The molecule has 0 aliphatic rings. The van der Waals surface area contributed by atoms with Gasteiger partial charge in [-0.05, 0) is 181 Å². The minimum Gasteiger partial charge on any atom is -0.309 e. The van der Waals surface area contributed by atoms with E-state index in [0.717, 1.165) is 89.3 Å². The number of nitrogens with zero attached hydrogens (tertiary/aromatic N) is 10. The largest absolute Gasteiger partial charge is 0.309 e. The van der Waals surface area contributed by atoms with Gasteiger partial charge in [0.25, 0.3) is 0 Å². The van der Waals surface area contributed by atoms with Crippen LogP contribution in [0.15, 0.2) is 357 Å². The number of aromatic nitrogens is 10. The van der Waals surface area contributed by atoms with Gasteiger partial charge in [-0.2, -0.15) is 0 Å². The summed E-state index contributed by atoms with van der Waals surface area (Å²) in [5.74, 6) is 0. The van der Waals surface area contributed by atoms with Gasteiger partial charge in [0.15, 0.2) is 0 Å². The average molecular weight is 1620 g/mol. The van der Waals surface area contributed by atoms with E-state index in [2.05, 4.69) is 364 Å². The summed E-state index contributed by atoms with van der Waals surface area (Å²) in [5, 5.41) is 10.7. The normalized spacial score (nSPS) is 11.2. The van der Waals surface area contributed by atoms with Crippen LogP contribution in [0.3, 0.4) is 0 Å². The highest BCUT2D eigenvalue weighted by Crippen LogP contribution is 2.41. The molecular formula is C85H55Br5N10. The lowest BCUT2D eigenvalue weighted by Crippen LogP contribution is -1.94. The van der Waals surface area contributed by atoms with Crippen molar-refractivity contribution in [3.05, 3.63) is 357 Å². The number of fused-ring (bicyclic) bond motifs is 15. The molecule has 0 unspecified atom stereocenters. The van der Waals surface area contributed by atoms with Crippen LogP contribution < -0.4 is 0 Å². The van der Waals surface area contributed by atoms with Crippen molar-refractivity contribution in [1.29, 1.82) is 0 Å². The van der Waals surface area contributed by atoms with Gasteiger partial charge >= 0.3 is 0 Å². The number of pyridine rings is 5. The summed E-state index contributed by atoms with van der Waals surface area (Å²) in [4.78, 5) is 22.1. The second kappa shape index (κ2) is 28.3. The molecule has 0 fully saturated rings. The van der Waals surface area contributed by atoms with Gasteiger partial charge < -0.3 is 18.3 Å². The highest BCUT2D eigenvalue weighted by atomic mass is 79.9. The van der Waals surface area contributed by atoms with Crippen molar-refractivity contribution in [3.63, 3.8) is 0 Å². The number of benzene rings is 10. The Balaban J connectivity index is 0.0000000972. The van der Waals surface area contributed by atoms with E-state index >= 15 is 0 Å². The monoisotopic (exact) mass is 1610 g/mol. The zero-order valence-corrected chi connectivity index (χ0v) is 61.0. The standard InChI is InChI=1S/5C17H11BrN2/c18-13-8-4-9-14-16(13)17-15(10-5-11-19-17)20(14)12-6-2-1-3-7-12;18-14-10-19-11-16-17(14)13-8-4-5-9-15(13)20(16)12-6-2-1-3-7-12;18-14-10-11-19-17-16(14)13-8-4-5-9-15(13)20(17)12-6-2-1-3-7-12;18-17-16-13-8-4-5-9-14(13)20(15(16)10-11-19-17)12-6-2-1-3-7-12;18-14-7-4-8-16-17(14)13-11-19-10-9-15(13)20(16)12-5-2-1-3-6-12/h5*1-11H. The van der Waals surface area contributed by atoms with Crippen LogP contribution in [0.25, 0.3) is 138 Å². The number of para-hydroxylation sites is 8. The Hall–Kier alpha value is -10.7. The lowest BCUT2D eigenvalue weighted by Gasteiger charge is -2.07. The fourth-order valence-corrected chi connectivity index (χ4v) is 16.2. The molecule has 10 heterocycles. The van der Waals surface area contributed by atoms with Crippen molar-refractivity contribution in [2.24, 2.45) is 0 Å². The first-order valence-corrected chi connectivity index (χ1v) is 36.2.